The first-order valence-electron chi connectivity index (χ1n) is 6.13. The van der Waals surface area contributed by atoms with Crippen LogP contribution in [-0.2, 0) is 4.84 Å². The average Bonchev–Trinajstić information content (AvgIpc) is 2.86. The van der Waals surface area contributed by atoms with Crippen molar-refractivity contribution in [3.63, 3.8) is 0 Å². The van der Waals surface area contributed by atoms with Gasteiger partial charge in [0.1, 0.15) is 16.8 Å². The zero-order chi connectivity index (χ0) is 14.1. The summed E-state index contributed by atoms with van der Waals surface area (Å²) in [6, 6.07) is 6.62. The van der Waals surface area contributed by atoms with E-state index in [2.05, 4.69) is 4.98 Å². The van der Waals surface area contributed by atoms with Gasteiger partial charge in [0.05, 0.1) is 18.3 Å². The third-order valence-electron chi connectivity index (χ3n) is 3.14. The smallest absolute Gasteiger partial charge is 0.131 e. The first-order valence-corrected chi connectivity index (χ1v) is 6.51. The lowest BCUT2D eigenvalue weighted by Crippen LogP contribution is -2.21. The molecule has 0 amide bonds. The minimum atomic E-state index is -0.598. The van der Waals surface area contributed by atoms with Crippen molar-refractivity contribution in [2.45, 2.75) is 12.5 Å². The zero-order valence-electron chi connectivity index (χ0n) is 10.4. The van der Waals surface area contributed by atoms with Crippen LogP contribution in [0, 0.1) is 11.6 Å². The number of rotatable bonds is 2. The molecule has 0 radical (unpaired) electrons. The van der Waals surface area contributed by atoms with Crippen molar-refractivity contribution < 1.29 is 13.6 Å². The quantitative estimate of drug-likeness (QED) is 0.786. The molecule has 0 spiro atoms. The molecule has 0 bridgehead atoms. The van der Waals surface area contributed by atoms with Crippen LogP contribution in [0.4, 0.5) is 14.5 Å². The van der Waals surface area contributed by atoms with Crippen LogP contribution in [0.2, 0.25) is 5.15 Å². The number of aromatic nitrogens is 1. The molecule has 3 rings (SSSR count). The zero-order valence-corrected chi connectivity index (χ0v) is 11.1. The number of benzene rings is 1. The molecule has 104 valence electrons. The van der Waals surface area contributed by atoms with E-state index in [-0.39, 0.29) is 6.04 Å². The van der Waals surface area contributed by atoms with Crippen LogP contribution in [-0.4, -0.2) is 11.6 Å². The van der Waals surface area contributed by atoms with Crippen molar-refractivity contribution in [1.82, 2.24) is 4.98 Å². The number of hydrogen-bond donors (Lipinski definition) is 0. The second kappa shape index (κ2) is 5.34. The molecule has 0 N–H and O–H groups in total. The SMILES string of the molecule is Fc1cc(F)cc(C2CCON2c2ccnc(Cl)c2)c1. The molecule has 1 atom stereocenters. The monoisotopic (exact) mass is 296 g/mol. The van der Waals surface area contributed by atoms with Gasteiger partial charge in [-0.1, -0.05) is 11.6 Å². The van der Waals surface area contributed by atoms with Gasteiger partial charge in [-0.2, -0.15) is 0 Å². The summed E-state index contributed by atoms with van der Waals surface area (Å²) >= 11 is 5.85. The number of nitrogens with zero attached hydrogens (tertiary/aromatic N) is 2. The summed E-state index contributed by atoms with van der Waals surface area (Å²) < 4.78 is 26.7. The highest BCUT2D eigenvalue weighted by Gasteiger charge is 2.28. The summed E-state index contributed by atoms with van der Waals surface area (Å²) in [5, 5.41) is 1.95. The molecule has 3 nitrogen and oxygen atoms in total. The van der Waals surface area contributed by atoms with Crippen LogP contribution in [0.15, 0.2) is 36.5 Å². The molecule has 1 fully saturated rings. The van der Waals surface area contributed by atoms with Crippen molar-refractivity contribution >= 4 is 17.3 Å². The molecular weight excluding hydrogens is 286 g/mol. The molecule has 1 unspecified atom stereocenters. The summed E-state index contributed by atoms with van der Waals surface area (Å²) in [5.74, 6) is -1.20. The van der Waals surface area contributed by atoms with E-state index in [0.29, 0.717) is 29.4 Å². The van der Waals surface area contributed by atoms with Gasteiger partial charge in [0, 0.05) is 24.8 Å². The summed E-state index contributed by atoms with van der Waals surface area (Å²) in [5.41, 5.74) is 1.24. The molecular formula is C14H11ClF2N2O. The molecule has 2 aromatic rings. The minimum Gasteiger partial charge on any atom is -0.273 e. The maximum absolute atomic E-state index is 13.3. The largest absolute Gasteiger partial charge is 0.273 e. The Morgan fingerprint density at radius 3 is 2.65 bits per heavy atom. The predicted molar refractivity (Wildman–Crippen MR) is 71.4 cm³/mol. The average molecular weight is 297 g/mol. The summed E-state index contributed by atoms with van der Waals surface area (Å²) in [6.07, 6.45) is 2.20. The molecule has 1 saturated heterocycles. The topological polar surface area (TPSA) is 25.4 Å². The van der Waals surface area contributed by atoms with E-state index in [1.807, 2.05) is 0 Å². The number of halogens is 3. The fourth-order valence-corrected chi connectivity index (χ4v) is 2.49. The summed E-state index contributed by atoms with van der Waals surface area (Å²) in [6.45, 7) is 0.475. The van der Waals surface area contributed by atoms with Gasteiger partial charge in [-0.15, -0.1) is 0 Å². The van der Waals surface area contributed by atoms with Gasteiger partial charge in [0.25, 0.3) is 0 Å². The van der Waals surface area contributed by atoms with Gasteiger partial charge >= 0.3 is 0 Å². The summed E-state index contributed by atoms with van der Waals surface area (Å²) in [7, 11) is 0. The molecule has 1 aliphatic heterocycles. The van der Waals surface area contributed by atoms with Gasteiger partial charge in [-0.25, -0.2) is 18.8 Å². The molecule has 1 aliphatic rings. The maximum Gasteiger partial charge on any atom is 0.131 e. The molecule has 0 aliphatic carbocycles. The Bertz CT molecular complexity index is 618. The third-order valence-corrected chi connectivity index (χ3v) is 3.35. The molecule has 6 heteroatoms. The second-order valence-electron chi connectivity index (χ2n) is 4.50. The Morgan fingerprint density at radius 1 is 1.20 bits per heavy atom. The second-order valence-corrected chi connectivity index (χ2v) is 4.89. The van der Waals surface area contributed by atoms with Crippen LogP contribution in [0.5, 0.6) is 0 Å². The number of anilines is 1. The van der Waals surface area contributed by atoms with Crippen LogP contribution in [0.1, 0.15) is 18.0 Å². The number of hydroxylamine groups is 1. The number of hydrogen-bond acceptors (Lipinski definition) is 3. The van der Waals surface area contributed by atoms with E-state index in [9.17, 15) is 8.78 Å². The fraction of sp³-hybridized carbons (Fsp3) is 0.214. The third kappa shape index (κ3) is 2.59. The Labute approximate surface area is 119 Å². The molecule has 2 heterocycles. The number of pyridine rings is 1. The standard InChI is InChI=1S/C14H11ClF2N2O/c15-14-8-12(1-3-18-14)19-13(2-4-20-19)9-5-10(16)7-11(17)6-9/h1,3,5-8,13H,2,4H2. The Morgan fingerprint density at radius 2 is 1.95 bits per heavy atom. The lowest BCUT2D eigenvalue weighted by molar-refractivity contribution is 0.159. The van der Waals surface area contributed by atoms with Crippen molar-refractivity contribution in [3.05, 3.63) is 58.9 Å². The van der Waals surface area contributed by atoms with Crippen molar-refractivity contribution in [1.29, 1.82) is 0 Å². The van der Waals surface area contributed by atoms with Crippen LogP contribution in [0.3, 0.4) is 0 Å². The van der Waals surface area contributed by atoms with Gasteiger partial charge in [0.15, 0.2) is 0 Å². The van der Waals surface area contributed by atoms with E-state index in [0.717, 1.165) is 6.07 Å². The van der Waals surface area contributed by atoms with Crippen LogP contribution >= 0.6 is 11.6 Å². The van der Waals surface area contributed by atoms with E-state index < -0.39 is 11.6 Å². The lowest BCUT2D eigenvalue weighted by atomic mass is 10.0. The van der Waals surface area contributed by atoms with Gasteiger partial charge in [-0.05, 0) is 23.8 Å². The minimum absolute atomic E-state index is 0.251. The highest BCUT2D eigenvalue weighted by molar-refractivity contribution is 6.29. The first kappa shape index (κ1) is 13.3. The molecule has 1 aromatic carbocycles. The Hall–Kier alpha value is -1.72. The fourth-order valence-electron chi connectivity index (χ4n) is 2.32. The van der Waals surface area contributed by atoms with Crippen LogP contribution < -0.4 is 5.06 Å². The van der Waals surface area contributed by atoms with E-state index >= 15 is 0 Å². The lowest BCUT2D eigenvalue weighted by Gasteiger charge is -2.24. The first-order chi connectivity index (χ1) is 9.63. The van der Waals surface area contributed by atoms with Crippen LogP contribution in [0.25, 0.3) is 0 Å². The van der Waals surface area contributed by atoms with Gasteiger partial charge in [-0.3, -0.25) is 4.84 Å². The highest BCUT2D eigenvalue weighted by atomic mass is 35.5. The summed E-state index contributed by atoms with van der Waals surface area (Å²) in [4.78, 5) is 9.44. The Balaban J connectivity index is 1.96. The molecule has 0 saturated carbocycles. The predicted octanol–water partition coefficient (Wildman–Crippen LogP) is 3.90. The van der Waals surface area contributed by atoms with Crippen molar-refractivity contribution in [2.24, 2.45) is 0 Å². The van der Waals surface area contributed by atoms with E-state index in [4.69, 9.17) is 16.4 Å². The Kier molecular flexibility index (Phi) is 3.54. The van der Waals surface area contributed by atoms with Crippen molar-refractivity contribution in [2.75, 3.05) is 11.7 Å². The highest BCUT2D eigenvalue weighted by Crippen LogP contribution is 2.35. The normalized spacial score (nSPS) is 18.6. The molecule has 20 heavy (non-hydrogen) atoms. The maximum atomic E-state index is 13.3. The molecule has 1 aromatic heterocycles. The van der Waals surface area contributed by atoms with Crippen molar-refractivity contribution in [3.8, 4) is 0 Å². The van der Waals surface area contributed by atoms with E-state index in [1.54, 1.807) is 23.4 Å². The van der Waals surface area contributed by atoms with Gasteiger partial charge in [0.2, 0.25) is 0 Å². The van der Waals surface area contributed by atoms with E-state index in [1.165, 1.54) is 12.1 Å². The van der Waals surface area contributed by atoms with Gasteiger partial charge < -0.3 is 0 Å².